The Bertz CT molecular complexity index is 586. The Morgan fingerprint density at radius 2 is 2.35 bits per heavy atom. The summed E-state index contributed by atoms with van der Waals surface area (Å²) in [5, 5.41) is 9.08. The van der Waals surface area contributed by atoms with Gasteiger partial charge in [-0.2, -0.15) is 0 Å². The summed E-state index contributed by atoms with van der Waals surface area (Å²) in [4.78, 5) is 22.7. The lowest BCUT2D eigenvalue weighted by Crippen LogP contribution is -1.99. The third kappa shape index (κ3) is 1.67. The largest absolute Gasteiger partial charge is 0.478 e. The number of carboxylic acid groups (broad SMARTS) is 1. The highest BCUT2D eigenvalue weighted by Crippen LogP contribution is 2.41. The minimum absolute atomic E-state index is 0.233. The number of rotatable bonds is 3. The molecule has 0 spiro atoms. The highest BCUT2D eigenvalue weighted by atomic mass is 16.4. The first-order valence-corrected chi connectivity index (χ1v) is 5.74. The highest BCUT2D eigenvalue weighted by molar-refractivity contribution is 5.99. The molecule has 0 radical (unpaired) electrons. The lowest BCUT2D eigenvalue weighted by Gasteiger charge is -2.04. The average molecular weight is 231 g/mol. The van der Waals surface area contributed by atoms with Crippen molar-refractivity contribution in [3.63, 3.8) is 0 Å². The van der Waals surface area contributed by atoms with E-state index >= 15 is 0 Å². The van der Waals surface area contributed by atoms with Gasteiger partial charge in [0, 0.05) is 12.1 Å². The van der Waals surface area contributed by atoms with E-state index in [2.05, 4.69) is 21.9 Å². The van der Waals surface area contributed by atoms with Crippen LogP contribution in [-0.4, -0.2) is 26.0 Å². The SMILES string of the molecule is CC(c1nc2nccc(C(=O)O)c2[nH]1)C1CC1. The van der Waals surface area contributed by atoms with Crippen LogP contribution >= 0.6 is 0 Å². The van der Waals surface area contributed by atoms with Gasteiger partial charge in [-0.1, -0.05) is 6.92 Å². The molecule has 2 heterocycles. The minimum atomic E-state index is -0.952. The van der Waals surface area contributed by atoms with Crippen molar-refractivity contribution in [2.75, 3.05) is 0 Å². The van der Waals surface area contributed by atoms with Crippen molar-refractivity contribution in [3.05, 3.63) is 23.7 Å². The summed E-state index contributed by atoms with van der Waals surface area (Å²) >= 11 is 0. The maximum absolute atomic E-state index is 11.1. The minimum Gasteiger partial charge on any atom is -0.478 e. The monoisotopic (exact) mass is 231 g/mol. The van der Waals surface area contributed by atoms with E-state index < -0.39 is 5.97 Å². The highest BCUT2D eigenvalue weighted by Gasteiger charge is 2.31. The quantitative estimate of drug-likeness (QED) is 0.848. The molecule has 17 heavy (non-hydrogen) atoms. The van der Waals surface area contributed by atoms with Crippen LogP contribution < -0.4 is 0 Å². The molecular weight excluding hydrogens is 218 g/mol. The molecular formula is C12H13N3O2. The summed E-state index contributed by atoms with van der Waals surface area (Å²) in [6, 6.07) is 1.49. The van der Waals surface area contributed by atoms with E-state index in [4.69, 9.17) is 5.11 Å². The van der Waals surface area contributed by atoms with E-state index in [1.165, 1.54) is 25.1 Å². The molecule has 0 aliphatic heterocycles. The first-order chi connectivity index (χ1) is 8.16. The van der Waals surface area contributed by atoms with Crippen LogP contribution in [0.3, 0.4) is 0 Å². The molecule has 1 atom stereocenters. The number of aromatic carboxylic acids is 1. The second kappa shape index (κ2) is 3.55. The summed E-state index contributed by atoms with van der Waals surface area (Å²) < 4.78 is 0. The third-order valence-electron chi connectivity index (χ3n) is 3.40. The van der Waals surface area contributed by atoms with Gasteiger partial charge in [0.1, 0.15) is 5.82 Å². The van der Waals surface area contributed by atoms with E-state index in [1.807, 2.05) is 0 Å². The van der Waals surface area contributed by atoms with Gasteiger partial charge in [0.2, 0.25) is 0 Å². The molecule has 0 aromatic carbocycles. The number of carbonyl (C=O) groups is 1. The second-order valence-corrected chi connectivity index (χ2v) is 4.61. The number of imidazole rings is 1. The molecule has 2 aromatic heterocycles. The Morgan fingerprint density at radius 3 is 3.00 bits per heavy atom. The van der Waals surface area contributed by atoms with E-state index in [1.54, 1.807) is 0 Å². The van der Waals surface area contributed by atoms with Gasteiger partial charge in [-0.05, 0) is 24.8 Å². The van der Waals surface area contributed by atoms with Crippen LogP contribution in [0.5, 0.6) is 0 Å². The second-order valence-electron chi connectivity index (χ2n) is 4.61. The summed E-state index contributed by atoms with van der Waals surface area (Å²) in [5.41, 5.74) is 1.26. The van der Waals surface area contributed by atoms with Gasteiger partial charge in [0.15, 0.2) is 5.65 Å². The Hall–Kier alpha value is -1.91. The number of nitrogens with zero attached hydrogens (tertiary/aromatic N) is 2. The van der Waals surface area contributed by atoms with Gasteiger partial charge in [-0.25, -0.2) is 14.8 Å². The fourth-order valence-electron chi connectivity index (χ4n) is 2.14. The summed E-state index contributed by atoms with van der Waals surface area (Å²) in [6.07, 6.45) is 3.95. The summed E-state index contributed by atoms with van der Waals surface area (Å²) in [5.74, 6) is 0.935. The number of pyridine rings is 1. The molecule has 1 unspecified atom stereocenters. The molecule has 0 saturated heterocycles. The number of fused-ring (bicyclic) bond motifs is 1. The first-order valence-electron chi connectivity index (χ1n) is 5.74. The van der Waals surface area contributed by atoms with Crippen LogP contribution in [-0.2, 0) is 0 Å². The van der Waals surface area contributed by atoms with Gasteiger partial charge in [-0.3, -0.25) is 0 Å². The molecule has 2 N–H and O–H groups in total. The number of carboxylic acids is 1. The normalized spacial score (nSPS) is 17.2. The van der Waals surface area contributed by atoms with Gasteiger partial charge in [0.05, 0.1) is 11.1 Å². The zero-order valence-corrected chi connectivity index (χ0v) is 9.47. The average Bonchev–Trinajstić information content (AvgIpc) is 3.05. The molecule has 5 nitrogen and oxygen atoms in total. The fourth-order valence-corrected chi connectivity index (χ4v) is 2.14. The number of hydrogen-bond acceptors (Lipinski definition) is 3. The fraction of sp³-hybridized carbons (Fsp3) is 0.417. The van der Waals surface area contributed by atoms with Crippen molar-refractivity contribution in [3.8, 4) is 0 Å². The number of hydrogen-bond donors (Lipinski definition) is 2. The number of aromatic amines is 1. The number of H-pyrrole nitrogens is 1. The predicted octanol–water partition coefficient (Wildman–Crippen LogP) is 2.17. The molecule has 1 aliphatic rings. The molecule has 2 aromatic rings. The number of aromatic nitrogens is 3. The van der Waals surface area contributed by atoms with Crippen LogP contribution in [0.4, 0.5) is 0 Å². The number of nitrogens with one attached hydrogen (secondary N) is 1. The first kappa shape index (κ1) is 10.3. The molecule has 0 amide bonds. The zero-order valence-electron chi connectivity index (χ0n) is 9.47. The van der Waals surface area contributed by atoms with E-state index in [9.17, 15) is 4.79 Å². The summed E-state index contributed by atoms with van der Waals surface area (Å²) in [6.45, 7) is 2.12. The molecule has 0 bridgehead atoms. The zero-order chi connectivity index (χ0) is 12.0. The van der Waals surface area contributed by atoms with Crippen LogP contribution in [0.1, 0.15) is 41.9 Å². The van der Waals surface area contributed by atoms with E-state index in [-0.39, 0.29) is 5.56 Å². The van der Waals surface area contributed by atoms with Crippen LogP contribution in [0.25, 0.3) is 11.2 Å². The molecule has 5 heteroatoms. The molecule has 1 saturated carbocycles. The molecule has 3 rings (SSSR count). The van der Waals surface area contributed by atoms with Crippen molar-refractivity contribution in [1.82, 2.24) is 15.0 Å². The Labute approximate surface area is 97.9 Å². The predicted molar refractivity (Wildman–Crippen MR) is 62.0 cm³/mol. The van der Waals surface area contributed by atoms with Crippen LogP contribution in [0.2, 0.25) is 0 Å². The van der Waals surface area contributed by atoms with E-state index in [0.717, 1.165) is 5.82 Å². The van der Waals surface area contributed by atoms with Crippen molar-refractivity contribution < 1.29 is 9.90 Å². The molecule has 1 fully saturated rings. The van der Waals surface area contributed by atoms with Gasteiger partial charge >= 0.3 is 5.97 Å². The van der Waals surface area contributed by atoms with Gasteiger partial charge in [-0.15, -0.1) is 0 Å². The standard InChI is InChI=1S/C12H13N3O2/c1-6(7-2-3-7)10-14-9-8(12(16)17)4-5-13-11(9)15-10/h4-7H,2-3H2,1H3,(H,16,17)(H,13,14,15). The van der Waals surface area contributed by atoms with Crippen molar-refractivity contribution in [2.24, 2.45) is 5.92 Å². The van der Waals surface area contributed by atoms with Crippen LogP contribution in [0, 0.1) is 5.92 Å². The molecule has 88 valence electrons. The Morgan fingerprint density at radius 1 is 1.59 bits per heavy atom. The van der Waals surface area contributed by atoms with Crippen LogP contribution in [0.15, 0.2) is 12.3 Å². The Balaban J connectivity index is 2.11. The third-order valence-corrected chi connectivity index (χ3v) is 3.40. The lowest BCUT2D eigenvalue weighted by molar-refractivity contribution is 0.0698. The molecule has 1 aliphatic carbocycles. The lowest BCUT2D eigenvalue weighted by atomic mass is 10.1. The Kier molecular flexibility index (Phi) is 2.14. The summed E-state index contributed by atoms with van der Waals surface area (Å²) in [7, 11) is 0. The van der Waals surface area contributed by atoms with Crippen molar-refractivity contribution in [1.29, 1.82) is 0 Å². The van der Waals surface area contributed by atoms with Crippen molar-refractivity contribution in [2.45, 2.75) is 25.7 Å². The smallest absolute Gasteiger partial charge is 0.338 e. The maximum atomic E-state index is 11.1. The maximum Gasteiger partial charge on any atom is 0.338 e. The topological polar surface area (TPSA) is 78.9 Å². The van der Waals surface area contributed by atoms with E-state index in [0.29, 0.717) is 23.0 Å². The van der Waals surface area contributed by atoms with Gasteiger partial charge < -0.3 is 10.1 Å². The van der Waals surface area contributed by atoms with Crippen molar-refractivity contribution >= 4 is 17.1 Å². The van der Waals surface area contributed by atoms with Gasteiger partial charge in [0.25, 0.3) is 0 Å².